The van der Waals surface area contributed by atoms with E-state index in [0.717, 1.165) is 81.3 Å². The Hall–Kier alpha value is -12.2. The summed E-state index contributed by atoms with van der Waals surface area (Å²) in [7, 11) is 0. The molecule has 0 aliphatic carbocycles. The lowest BCUT2D eigenvalue weighted by Gasteiger charge is -2.37. The molecule has 18 nitrogen and oxygen atoms in total. The van der Waals surface area contributed by atoms with Crippen LogP contribution in [0, 0.1) is 0 Å². The van der Waals surface area contributed by atoms with Crippen molar-refractivity contribution in [3.8, 4) is 126 Å². The quantitative estimate of drug-likeness (QED) is 0.101. The van der Waals surface area contributed by atoms with Crippen molar-refractivity contribution in [3.63, 3.8) is 0 Å². The summed E-state index contributed by atoms with van der Waals surface area (Å²) in [6.45, 7) is 7.91. The summed E-state index contributed by atoms with van der Waals surface area (Å²) >= 11 is 0. The number of benzene rings is 11. The number of hydrogen-bond donors (Lipinski definition) is 0. The van der Waals surface area contributed by atoms with Gasteiger partial charge in [0.15, 0.2) is 0 Å². The van der Waals surface area contributed by atoms with E-state index in [1.54, 1.807) is 0 Å². The summed E-state index contributed by atoms with van der Waals surface area (Å²) in [6, 6.07) is 59.0. The summed E-state index contributed by atoms with van der Waals surface area (Å²) in [4.78, 5) is 0. The summed E-state index contributed by atoms with van der Waals surface area (Å²) in [5.74, 6) is 6.63. The van der Waals surface area contributed by atoms with Crippen LogP contribution in [0.4, 0.5) is 0 Å². The average molecular weight is 1480 g/mol. The highest BCUT2D eigenvalue weighted by Crippen LogP contribution is 2.64. The number of rotatable bonds is 14. The van der Waals surface area contributed by atoms with Crippen LogP contribution >= 0.6 is 0 Å². The van der Waals surface area contributed by atoms with Crippen LogP contribution < -0.4 is 85.3 Å². The van der Waals surface area contributed by atoms with Gasteiger partial charge in [0.05, 0.1) is 22.3 Å². The standard InChI is InChI=1S/C92H82O18/c1-5-19-63-67-39-71-65(21-7-3)73-41-69-64(20-6-2)70-42-74-66(22-8-4)72-40-68(63)80-76-46-94-56-28-16-32-60(36-56)108-90-87(97-43-53-23-11-9-12-24-53)89-91-88(98-44-54-25-13-10-14-26-54)92(90)110-62-34-18-30-58(38-62)96-48-78(86(74)106-52-104-84(72)76)82(70)102-50-101-81(69)77(47-95-57-29-17-33-61(37-57)109-91)85(73)105-51-103-83(71)75(79(67)99-49-100-80)45-93-55-27-15-31-59(35-55)107-89/h9-18,23-42,63-66H,5-8,19-22,43-52H2,1-4H3. The highest BCUT2D eigenvalue weighted by atomic mass is 16.7. The van der Waals surface area contributed by atoms with Crippen molar-refractivity contribution in [1.29, 1.82) is 0 Å². The zero-order chi connectivity index (χ0) is 73.8. The van der Waals surface area contributed by atoms with E-state index in [1.807, 2.05) is 158 Å². The molecule has 0 saturated heterocycles. The van der Waals surface area contributed by atoms with E-state index in [9.17, 15) is 0 Å². The fourth-order valence-electron chi connectivity index (χ4n) is 16.9. The van der Waals surface area contributed by atoms with Gasteiger partial charge in [-0.05, 0) is 110 Å². The maximum absolute atomic E-state index is 7.50. The van der Waals surface area contributed by atoms with Crippen molar-refractivity contribution < 1.29 is 85.3 Å². The maximum Gasteiger partial charge on any atom is 0.230 e. The molecule has 558 valence electrons. The normalized spacial score (nSPS) is 17.4. The van der Waals surface area contributed by atoms with Crippen molar-refractivity contribution in [1.82, 2.24) is 0 Å². The molecule has 18 heteroatoms. The Kier molecular flexibility index (Phi) is 18.3. The topological polar surface area (TPSA) is 166 Å². The van der Waals surface area contributed by atoms with E-state index < -0.39 is 0 Å². The highest BCUT2D eigenvalue weighted by Gasteiger charge is 2.43. The third-order valence-electron chi connectivity index (χ3n) is 21.8. The first-order valence-electron chi connectivity index (χ1n) is 38.3. The van der Waals surface area contributed by atoms with Crippen molar-refractivity contribution in [2.45, 2.75) is 142 Å². The smallest absolute Gasteiger partial charge is 0.230 e. The molecule has 8 aliphatic rings. The molecule has 11 aromatic carbocycles. The second-order valence-corrected chi connectivity index (χ2v) is 28.7. The minimum Gasteiger partial charge on any atom is -0.488 e. The Bertz CT molecular complexity index is 4740. The third-order valence-corrected chi connectivity index (χ3v) is 21.8. The molecule has 0 N–H and O–H groups in total. The third kappa shape index (κ3) is 12.6. The van der Waals surface area contributed by atoms with E-state index in [0.29, 0.717) is 140 Å². The Morgan fingerprint density at radius 1 is 0.245 bits per heavy atom. The van der Waals surface area contributed by atoms with Crippen molar-refractivity contribution in [2.75, 3.05) is 27.2 Å². The molecular weight excluding hydrogens is 1390 g/mol. The Morgan fingerprint density at radius 2 is 0.473 bits per heavy atom. The minimum atomic E-state index is -0.369. The van der Waals surface area contributed by atoms with Gasteiger partial charge in [0.2, 0.25) is 61.7 Å². The molecule has 11 aromatic rings. The largest absolute Gasteiger partial charge is 0.488 e. The molecule has 0 spiro atoms. The van der Waals surface area contributed by atoms with Crippen LogP contribution in [0.2, 0.25) is 0 Å². The average Bonchev–Trinajstić information content (AvgIpc) is 0.745. The fourth-order valence-corrected chi connectivity index (χ4v) is 16.9. The Balaban J connectivity index is 1.01. The number of hydrogen-bond acceptors (Lipinski definition) is 18. The second kappa shape index (κ2) is 29.4. The maximum atomic E-state index is 7.50. The van der Waals surface area contributed by atoms with E-state index in [1.165, 1.54) is 0 Å². The monoisotopic (exact) mass is 1470 g/mol. The van der Waals surface area contributed by atoms with Crippen molar-refractivity contribution in [2.24, 2.45) is 0 Å². The van der Waals surface area contributed by atoms with E-state index >= 15 is 0 Å². The molecule has 0 radical (unpaired) electrons. The zero-order valence-electron chi connectivity index (χ0n) is 61.7. The summed E-state index contributed by atoms with van der Waals surface area (Å²) in [5, 5.41) is 0. The lowest BCUT2D eigenvalue weighted by Crippen LogP contribution is -2.26. The molecule has 0 atom stereocenters. The minimum absolute atomic E-state index is 0.0124. The zero-order valence-corrected chi connectivity index (χ0v) is 61.7. The van der Waals surface area contributed by atoms with Crippen LogP contribution in [0.25, 0.3) is 0 Å². The summed E-state index contributed by atoms with van der Waals surface area (Å²) < 4.78 is 132. The SMILES string of the molecule is CCCC1c2cc3c4c5c2OCOc2c1cc1c6c2COc2cccc(c2)Oc2c(OCc7ccccc7)c7c(c(OCc8ccccc8)c2Oc2cccc(c2)OC5)Oc2cccc(c2)OCc2c5c(cc(c2OCO4)C3CCC)C(CCC)c2cc(c(c(c2OCO5)COc2cccc(c2)O7)OCO6)C1CCC. The van der Waals surface area contributed by atoms with Crippen LogP contribution in [-0.4, -0.2) is 27.2 Å². The second-order valence-electron chi connectivity index (χ2n) is 28.7. The molecule has 8 aliphatic heterocycles. The van der Waals surface area contributed by atoms with Crippen LogP contribution in [0.3, 0.4) is 0 Å². The predicted octanol–water partition coefficient (Wildman–Crippen LogP) is 22.2. The van der Waals surface area contributed by atoms with Crippen LogP contribution in [0.1, 0.15) is 181 Å². The van der Waals surface area contributed by atoms with Crippen molar-refractivity contribution in [3.05, 3.63) is 260 Å². The van der Waals surface area contributed by atoms with Gasteiger partial charge in [0.1, 0.15) is 132 Å². The van der Waals surface area contributed by atoms with Gasteiger partial charge >= 0.3 is 0 Å². The summed E-state index contributed by atoms with van der Waals surface area (Å²) in [6.07, 6.45) is 5.83. The van der Waals surface area contributed by atoms with Crippen LogP contribution in [0.5, 0.6) is 126 Å². The number of fused-ring (bicyclic) bond motifs is 12. The number of ether oxygens (including phenoxy) is 18. The van der Waals surface area contributed by atoms with E-state index in [4.69, 9.17) is 85.3 Å². The summed E-state index contributed by atoms with van der Waals surface area (Å²) in [5.41, 5.74) is 11.9. The molecule has 110 heavy (non-hydrogen) atoms. The molecule has 19 rings (SSSR count). The van der Waals surface area contributed by atoms with Crippen molar-refractivity contribution >= 4 is 0 Å². The molecule has 0 unspecified atom stereocenters. The van der Waals surface area contributed by atoms with E-state index in [-0.39, 0.29) is 125 Å². The van der Waals surface area contributed by atoms with Gasteiger partial charge in [-0.15, -0.1) is 0 Å². The fraction of sp³-hybridized carbons (Fsp3) is 0.283. The van der Waals surface area contributed by atoms with Gasteiger partial charge in [-0.2, -0.15) is 0 Å². The van der Waals surface area contributed by atoms with Crippen LogP contribution in [-0.2, 0) is 39.6 Å². The predicted molar refractivity (Wildman–Crippen MR) is 409 cm³/mol. The highest BCUT2D eigenvalue weighted by molar-refractivity contribution is 5.77. The first kappa shape index (κ1) is 68.4. The lowest BCUT2D eigenvalue weighted by molar-refractivity contribution is 0.0895. The van der Waals surface area contributed by atoms with Gasteiger partial charge in [0, 0.05) is 92.4 Å². The molecular formula is C92H82O18. The van der Waals surface area contributed by atoms with Gasteiger partial charge in [-0.3, -0.25) is 0 Å². The Morgan fingerprint density at radius 3 is 0.700 bits per heavy atom. The molecule has 0 saturated carbocycles. The van der Waals surface area contributed by atoms with Gasteiger partial charge < -0.3 is 85.3 Å². The van der Waals surface area contributed by atoms with Gasteiger partial charge in [0.25, 0.3) is 0 Å². The van der Waals surface area contributed by atoms with Gasteiger partial charge in [-0.1, -0.05) is 138 Å². The van der Waals surface area contributed by atoms with E-state index in [2.05, 4.69) is 52.0 Å². The molecule has 0 amide bonds. The van der Waals surface area contributed by atoms with Crippen LogP contribution in [0.15, 0.2) is 182 Å². The Labute approximate surface area is 637 Å². The molecule has 20 bridgehead atoms. The molecule has 8 heterocycles. The lowest BCUT2D eigenvalue weighted by atomic mass is 9.74. The van der Waals surface area contributed by atoms with Gasteiger partial charge in [-0.25, -0.2) is 0 Å². The molecule has 0 fully saturated rings. The first-order chi connectivity index (χ1) is 54.3. The molecule has 0 aromatic heterocycles. The first-order valence-corrected chi connectivity index (χ1v) is 38.3.